The third-order valence-electron chi connectivity index (χ3n) is 2.70. The van der Waals surface area contributed by atoms with E-state index in [0.29, 0.717) is 5.69 Å². The molecule has 5 heteroatoms. The maximum absolute atomic E-state index is 12.8. The second-order valence-corrected chi connectivity index (χ2v) is 4.41. The molecule has 2 aromatic rings. The zero-order valence-corrected chi connectivity index (χ0v) is 10.9. The molecular formula is C14H11ClFNO2. The van der Waals surface area contributed by atoms with E-state index in [2.05, 4.69) is 0 Å². The van der Waals surface area contributed by atoms with E-state index >= 15 is 0 Å². The summed E-state index contributed by atoms with van der Waals surface area (Å²) in [5.41, 5.74) is 0.722. The van der Waals surface area contributed by atoms with Gasteiger partial charge in [0.1, 0.15) is 11.6 Å². The molecule has 0 aliphatic heterocycles. The summed E-state index contributed by atoms with van der Waals surface area (Å²) in [7, 11) is 1.55. The maximum Gasteiger partial charge on any atom is 0.259 e. The van der Waals surface area contributed by atoms with Gasteiger partial charge in [0, 0.05) is 12.7 Å². The summed E-state index contributed by atoms with van der Waals surface area (Å²) in [6.07, 6.45) is 0. The zero-order chi connectivity index (χ0) is 14.0. The molecular weight excluding hydrogens is 269 g/mol. The topological polar surface area (TPSA) is 40.5 Å². The molecule has 0 aliphatic carbocycles. The zero-order valence-electron chi connectivity index (χ0n) is 10.1. The summed E-state index contributed by atoms with van der Waals surface area (Å²) >= 11 is 5.93. The quantitative estimate of drug-likeness (QED) is 0.914. The number of anilines is 1. The van der Waals surface area contributed by atoms with E-state index in [1.165, 1.54) is 47.4 Å². The van der Waals surface area contributed by atoms with Gasteiger partial charge in [-0.15, -0.1) is 0 Å². The van der Waals surface area contributed by atoms with Crippen molar-refractivity contribution in [3.05, 3.63) is 58.9 Å². The van der Waals surface area contributed by atoms with Crippen molar-refractivity contribution in [2.75, 3.05) is 11.9 Å². The number of hydrogen-bond donors (Lipinski definition) is 1. The molecule has 0 atom stereocenters. The molecule has 0 aliphatic rings. The number of halogens is 2. The van der Waals surface area contributed by atoms with Crippen molar-refractivity contribution in [1.82, 2.24) is 0 Å². The fraction of sp³-hybridized carbons (Fsp3) is 0.0714. The molecule has 1 N–H and O–H groups in total. The summed E-state index contributed by atoms with van der Waals surface area (Å²) in [6, 6.07) is 9.66. The van der Waals surface area contributed by atoms with Crippen LogP contribution in [0.15, 0.2) is 42.5 Å². The Morgan fingerprint density at radius 2 is 1.84 bits per heavy atom. The number of phenols is 1. The highest BCUT2D eigenvalue weighted by Crippen LogP contribution is 2.24. The SMILES string of the molecule is CN(C(=O)c1cc(O)ccc1Cl)c1ccc(F)cc1. The van der Waals surface area contributed by atoms with Gasteiger partial charge in [-0.25, -0.2) is 4.39 Å². The summed E-state index contributed by atoms with van der Waals surface area (Å²) in [6.45, 7) is 0. The van der Waals surface area contributed by atoms with Gasteiger partial charge in [-0.2, -0.15) is 0 Å². The molecule has 0 radical (unpaired) electrons. The number of rotatable bonds is 2. The van der Waals surface area contributed by atoms with Crippen molar-refractivity contribution < 1.29 is 14.3 Å². The Morgan fingerprint density at radius 3 is 2.47 bits per heavy atom. The average molecular weight is 280 g/mol. The molecule has 0 aromatic heterocycles. The number of amides is 1. The van der Waals surface area contributed by atoms with Crippen LogP contribution in [0.4, 0.5) is 10.1 Å². The molecule has 0 bridgehead atoms. The number of benzene rings is 2. The lowest BCUT2D eigenvalue weighted by Crippen LogP contribution is -2.26. The molecule has 19 heavy (non-hydrogen) atoms. The molecule has 0 spiro atoms. The Morgan fingerprint density at radius 1 is 1.21 bits per heavy atom. The summed E-state index contributed by atoms with van der Waals surface area (Å²) in [5, 5.41) is 9.64. The third-order valence-corrected chi connectivity index (χ3v) is 3.03. The summed E-state index contributed by atoms with van der Waals surface area (Å²) in [4.78, 5) is 13.6. The molecule has 98 valence electrons. The maximum atomic E-state index is 12.8. The first-order valence-corrected chi connectivity index (χ1v) is 5.89. The highest BCUT2D eigenvalue weighted by atomic mass is 35.5. The fourth-order valence-corrected chi connectivity index (χ4v) is 1.84. The van der Waals surface area contributed by atoms with Gasteiger partial charge in [0.05, 0.1) is 10.6 Å². The lowest BCUT2D eigenvalue weighted by molar-refractivity contribution is 0.0992. The number of phenolic OH excluding ortho intramolecular Hbond substituents is 1. The second-order valence-electron chi connectivity index (χ2n) is 4.00. The molecule has 2 aromatic carbocycles. The van der Waals surface area contributed by atoms with Crippen LogP contribution < -0.4 is 4.90 Å². The largest absolute Gasteiger partial charge is 0.508 e. The van der Waals surface area contributed by atoms with E-state index < -0.39 is 0 Å². The van der Waals surface area contributed by atoms with E-state index in [1.54, 1.807) is 7.05 Å². The van der Waals surface area contributed by atoms with Crippen LogP contribution >= 0.6 is 11.6 Å². The van der Waals surface area contributed by atoms with Crippen molar-refractivity contribution in [3.63, 3.8) is 0 Å². The van der Waals surface area contributed by atoms with Crippen LogP contribution in [0.2, 0.25) is 5.02 Å². The predicted molar refractivity (Wildman–Crippen MR) is 72.3 cm³/mol. The first-order chi connectivity index (χ1) is 8.99. The number of aromatic hydroxyl groups is 1. The van der Waals surface area contributed by atoms with Gasteiger partial charge in [0.15, 0.2) is 0 Å². The molecule has 1 amide bonds. The first-order valence-electron chi connectivity index (χ1n) is 5.51. The van der Waals surface area contributed by atoms with Crippen LogP contribution in [0.1, 0.15) is 10.4 Å². The highest BCUT2D eigenvalue weighted by molar-refractivity contribution is 6.34. The fourth-order valence-electron chi connectivity index (χ4n) is 1.64. The standard InChI is InChI=1S/C14H11ClFNO2/c1-17(10-4-2-9(16)3-5-10)14(19)12-8-11(18)6-7-13(12)15/h2-8,18H,1H3. The van der Waals surface area contributed by atoms with Crippen LogP contribution in [-0.4, -0.2) is 18.1 Å². The second kappa shape index (κ2) is 5.28. The van der Waals surface area contributed by atoms with Gasteiger partial charge in [-0.05, 0) is 42.5 Å². The smallest absolute Gasteiger partial charge is 0.259 e. The minimum Gasteiger partial charge on any atom is -0.508 e. The van der Waals surface area contributed by atoms with E-state index in [4.69, 9.17) is 11.6 Å². The molecule has 0 saturated heterocycles. The number of carbonyl (C=O) groups excluding carboxylic acids is 1. The molecule has 3 nitrogen and oxygen atoms in total. The van der Waals surface area contributed by atoms with Crippen LogP contribution in [0.25, 0.3) is 0 Å². The first kappa shape index (κ1) is 13.4. The van der Waals surface area contributed by atoms with Crippen molar-refractivity contribution in [2.45, 2.75) is 0 Å². The van der Waals surface area contributed by atoms with Gasteiger partial charge >= 0.3 is 0 Å². The van der Waals surface area contributed by atoms with Gasteiger partial charge < -0.3 is 10.0 Å². The highest BCUT2D eigenvalue weighted by Gasteiger charge is 2.17. The number of nitrogens with zero attached hydrogens (tertiary/aromatic N) is 1. The molecule has 0 unspecified atom stereocenters. The summed E-state index contributed by atoms with van der Waals surface area (Å²) in [5.74, 6) is -0.798. The molecule has 0 heterocycles. The Labute approximate surface area is 114 Å². The lowest BCUT2D eigenvalue weighted by Gasteiger charge is -2.18. The third kappa shape index (κ3) is 2.85. The molecule has 0 fully saturated rings. The van der Waals surface area contributed by atoms with Crippen LogP contribution in [0.3, 0.4) is 0 Å². The minimum absolute atomic E-state index is 0.0414. The average Bonchev–Trinajstić information content (AvgIpc) is 2.41. The molecule has 0 saturated carbocycles. The van der Waals surface area contributed by atoms with Crippen LogP contribution in [0, 0.1) is 5.82 Å². The van der Waals surface area contributed by atoms with Crippen molar-refractivity contribution >= 4 is 23.2 Å². The van der Waals surface area contributed by atoms with Gasteiger partial charge in [-0.1, -0.05) is 11.6 Å². The monoisotopic (exact) mass is 279 g/mol. The summed E-state index contributed by atoms with van der Waals surface area (Å²) < 4.78 is 12.8. The van der Waals surface area contributed by atoms with E-state index in [9.17, 15) is 14.3 Å². The van der Waals surface area contributed by atoms with E-state index in [0.717, 1.165) is 0 Å². The van der Waals surface area contributed by atoms with Crippen molar-refractivity contribution in [2.24, 2.45) is 0 Å². The predicted octanol–water partition coefficient (Wildman–Crippen LogP) is 3.46. The van der Waals surface area contributed by atoms with Crippen LogP contribution in [0.5, 0.6) is 5.75 Å². The number of hydrogen-bond acceptors (Lipinski definition) is 2. The lowest BCUT2D eigenvalue weighted by atomic mass is 10.1. The van der Waals surface area contributed by atoms with Crippen LogP contribution in [-0.2, 0) is 0 Å². The van der Waals surface area contributed by atoms with Crippen molar-refractivity contribution in [1.29, 1.82) is 0 Å². The van der Waals surface area contributed by atoms with E-state index in [-0.39, 0.29) is 28.1 Å². The number of carbonyl (C=O) groups is 1. The Hall–Kier alpha value is -2.07. The van der Waals surface area contributed by atoms with Gasteiger partial charge in [-0.3, -0.25) is 4.79 Å². The Bertz CT molecular complexity index is 613. The van der Waals surface area contributed by atoms with E-state index in [1.807, 2.05) is 0 Å². The Balaban J connectivity index is 2.33. The van der Waals surface area contributed by atoms with Gasteiger partial charge in [0.25, 0.3) is 5.91 Å². The normalized spacial score (nSPS) is 10.3. The van der Waals surface area contributed by atoms with Gasteiger partial charge in [0.2, 0.25) is 0 Å². The Kier molecular flexibility index (Phi) is 3.71. The minimum atomic E-state index is -0.382. The van der Waals surface area contributed by atoms with Crippen molar-refractivity contribution in [3.8, 4) is 5.75 Å². The molecule has 2 rings (SSSR count).